The molecule has 18 heavy (non-hydrogen) atoms. The molecular formula is C12H16N4O2. The number of aliphatic hydroxyl groups is 1. The topological polar surface area (TPSA) is 73.1 Å². The van der Waals surface area contributed by atoms with E-state index in [0.29, 0.717) is 17.9 Å². The number of ether oxygens (including phenoxy) is 1. The lowest BCUT2D eigenvalue weighted by Crippen LogP contribution is -2.10. The van der Waals surface area contributed by atoms with Crippen molar-refractivity contribution in [2.45, 2.75) is 26.0 Å². The molecule has 0 aromatic carbocycles. The molecule has 1 N–H and O–H groups in total. The fourth-order valence-corrected chi connectivity index (χ4v) is 1.82. The SMILES string of the molecule is CCn1ncnc1CC(O)c1cccnc1OC. The number of rotatable bonds is 5. The van der Waals surface area contributed by atoms with E-state index >= 15 is 0 Å². The summed E-state index contributed by atoms with van der Waals surface area (Å²) in [6, 6.07) is 3.56. The van der Waals surface area contributed by atoms with E-state index in [-0.39, 0.29) is 0 Å². The molecule has 1 atom stereocenters. The third-order valence-electron chi connectivity index (χ3n) is 2.72. The van der Waals surface area contributed by atoms with Crippen molar-refractivity contribution in [3.63, 3.8) is 0 Å². The Labute approximate surface area is 105 Å². The highest BCUT2D eigenvalue weighted by atomic mass is 16.5. The van der Waals surface area contributed by atoms with Gasteiger partial charge in [0.05, 0.1) is 13.2 Å². The van der Waals surface area contributed by atoms with Gasteiger partial charge in [-0.25, -0.2) is 9.97 Å². The number of hydrogen-bond donors (Lipinski definition) is 1. The lowest BCUT2D eigenvalue weighted by atomic mass is 10.1. The minimum Gasteiger partial charge on any atom is -0.481 e. The minimum atomic E-state index is -0.705. The van der Waals surface area contributed by atoms with E-state index in [1.165, 1.54) is 13.4 Å². The molecule has 96 valence electrons. The van der Waals surface area contributed by atoms with E-state index in [1.807, 2.05) is 6.92 Å². The lowest BCUT2D eigenvalue weighted by Gasteiger charge is -2.13. The first-order valence-corrected chi connectivity index (χ1v) is 5.80. The Morgan fingerprint density at radius 2 is 2.28 bits per heavy atom. The number of aromatic nitrogens is 4. The highest BCUT2D eigenvalue weighted by Gasteiger charge is 2.17. The van der Waals surface area contributed by atoms with E-state index in [2.05, 4.69) is 15.1 Å². The summed E-state index contributed by atoms with van der Waals surface area (Å²) in [5.41, 5.74) is 0.658. The van der Waals surface area contributed by atoms with Crippen LogP contribution in [0.5, 0.6) is 5.88 Å². The number of aryl methyl sites for hydroxylation is 1. The molecule has 0 saturated heterocycles. The summed E-state index contributed by atoms with van der Waals surface area (Å²) >= 11 is 0. The van der Waals surface area contributed by atoms with Crippen LogP contribution in [0.1, 0.15) is 24.4 Å². The summed E-state index contributed by atoms with van der Waals surface area (Å²) < 4.78 is 6.88. The summed E-state index contributed by atoms with van der Waals surface area (Å²) in [5, 5.41) is 14.3. The standard InChI is InChI=1S/C12H16N4O2/c1-3-16-11(14-8-15-16)7-10(17)9-5-4-6-13-12(9)18-2/h4-6,8,10,17H,3,7H2,1-2H3. The zero-order valence-electron chi connectivity index (χ0n) is 10.4. The van der Waals surface area contributed by atoms with E-state index in [0.717, 1.165) is 12.4 Å². The maximum absolute atomic E-state index is 10.2. The molecule has 0 radical (unpaired) electrons. The normalized spacial score (nSPS) is 12.4. The molecule has 0 spiro atoms. The predicted molar refractivity (Wildman–Crippen MR) is 65.1 cm³/mol. The van der Waals surface area contributed by atoms with Crippen LogP contribution in [0.25, 0.3) is 0 Å². The van der Waals surface area contributed by atoms with Gasteiger partial charge in [0.25, 0.3) is 0 Å². The maximum atomic E-state index is 10.2. The number of methoxy groups -OCH3 is 1. The number of aliphatic hydroxyl groups excluding tert-OH is 1. The first-order valence-electron chi connectivity index (χ1n) is 5.80. The molecule has 0 aliphatic carbocycles. The second kappa shape index (κ2) is 5.59. The largest absolute Gasteiger partial charge is 0.481 e. The fourth-order valence-electron chi connectivity index (χ4n) is 1.82. The van der Waals surface area contributed by atoms with Crippen molar-refractivity contribution in [3.05, 3.63) is 36.0 Å². The van der Waals surface area contributed by atoms with Crippen LogP contribution >= 0.6 is 0 Å². The fraction of sp³-hybridized carbons (Fsp3) is 0.417. The first kappa shape index (κ1) is 12.5. The third-order valence-corrected chi connectivity index (χ3v) is 2.72. The lowest BCUT2D eigenvalue weighted by molar-refractivity contribution is 0.168. The predicted octanol–water partition coefficient (Wildman–Crippen LogP) is 0.978. The van der Waals surface area contributed by atoms with Crippen LogP contribution in [-0.2, 0) is 13.0 Å². The van der Waals surface area contributed by atoms with Crippen molar-refractivity contribution in [2.24, 2.45) is 0 Å². The quantitative estimate of drug-likeness (QED) is 0.853. The molecule has 1 unspecified atom stereocenters. The monoisotopic (exact) mass is 248 g/mol. The second-order valence-electron chi connectivity index (χ2n) is 3.81. The van der Waals surface area contributed by atoms with Gasteiger partial charge in [-0.2, -0.15) is 5.10 Å². The molecule has 6 nitrogen and oxygen atoms in total. The zero-order valence-corrected chi connectivity index (χ0v) is 10.4. The van der Waals surface area contributed by atoms with Crippen molar-refractivity contribution in [2.75, 3.05) is 7.11 Å². The first-order chi connectivity index (χ1) is 8.76. The smallest absolute Gasteiger partial charge is 0.218 e. The van der Waals surface area contributed by atoms with Crippen LogP contribution < -0.4 is 4.74 Å². The minimum absolute atomic E-state index is 0.385. The number of nitrogens with zero attached hydrogens (tertiary/aromatic N) is 4. The Kier molecular flexibility index (Phi) is 3.88. The van der Waals surface area contributed by atoms with Crippen LogP contribution in [-0.4, -0.2) is 32.0 Å². The van der Waals surface area contributed by atoms with Gasteiger partial charge in [-0.15, -0.1) is 0 Å². The van der Waals surface area contributed by atoms with E-state index in [1.54, 1.807) is 23.0 Å². The van der Waals surface area contributed by atoms with Gasteiger partial charge in [0, 0.05) is 24.7 Å². The van der Waals surface area contributed by atoms with Crippen LogP contribution in [0.2, 0.25) is 0 Å². The Bertz CT molecular complexity index is 512. The maximum Gasteiger partial charge on any atom is 0.218 e. The molecule has 0 fully saturated rings. The van der Waals surface area contributed by atoms with Crippen molar-refractivity contribution in [3.8, 4) is 5.88 Å². The molecule has 2 aromatic rings. The van der Waals surface area contributed by atoms with E-state index < -0.39 is 6.10 Å². The zero-order chi connectivity index (χ0) is 13.0. The molecule has 2 heterocycles. The van der Waals surface area contributed by atoms with Gasteiger partial charge in [-0.1, -0.05) is 0 Å². The summed E-state index contributed by atoms with van der Waals surface area (Å²) in [7, 11) is 1.53. The highest BCUT2D eigenvalue weighted by molar-refractivity contribution is 5.28. The summed E-state index contributed by atoms with van der Waals surface area (Å²) in [4.78, 5) is 8.20. The molecular weight excluding hydrogens is 232 g/mol. The Morgan fingerprint density at radius 1 is 1.44 bits per heavy atom. The van der Waals surface area contributed by atoms with Gasteiger partial charge in [0.15, 0.2) is 0 Å². The van der Waals surface area contributed by atoms with Crippen LogP contribution in [0.15, 0.2) is 24.7 Å². The van der Waals surface area contributed by atoms with Gasteiger partial charge in [0.1, 0.15) is 12.2 Å². The number of pyridine rings is 1. The molecule has 0 amide bonds. The van der Waals surface area contributed by atoms with Crippen LogP contribution in [0, 0.1) is 0 Å². The second-order valence-corrected chi connectivity index (χ2v) is 3.81. The van der Waals surface area contributed by atoms with Gasteiger partial charge >= 0.3 is 0 Å². The van der Waals surface area contributed by atoms with Gasteiger partial charge < -0.3 is 9.84 Å². The average molecular weight is 248 g/mol. The summed E-state index contributed by atoms with van der Waals surface area (Å²) in [6.45, 7) is 2.71. The molecule has 2 rings (SSSR count). The summed E-state index contributed by atoms with van der Waals surface area (Å²) in [6.07, 6.45) is 2.80. The van der Waals surface area contributed by atoms with Crippen molar-refractivity contribution < 1.29 is 9.84 Å². The number of hydrogen-bond acceptors (Lipinski definition) is 5. The van der Waals surface area contributed by atoms with Crippen molar-refractivity contribution in [1.29, 1.82) is 0 Å². The molecule has 0 bridgehead atoms. The highest BCUT2D eigenvalue weighted by Crippen LogP contribution is 2.24. The van der Waals surface area contributed by atoms with Gasteiger partial charge in [-0.05, 0) is 19.1 Å². The molecule has 0 saturated carbocycles. The molecule has 0 aliphatic heterocycles. The molecule has 2 aromatic heterocycles. The van der Waals surface area contributed by atoms with Gasteiger partial charge in [-0.3, -0.25) is 4.68 Å². The van der Waals surface area contributed by atoms with Crippen LogP contribution in [0.4, 0.5) is 0 Å². The van der Waals surface area contributed by atoms with E-state index in [4.69, 9.17) is 4.74 Å². The Morgan fingerprint density at radius 3 is 3.00 bits per heavy atom. The van der Waals surface area contributed by atoms with Crippen molar-refractivity contribution in [1.82, 2.24) is 19.7 Å². The molecule has 6 heteroatoms. The molecule has 0 aliphatic rings. The van der Waals surface area contributed by atoms with Crippen molar-refractivity contribution >= 4 is 0 Å². The van der Waals surface area contributed by atoms with Gasteiger partial charge in [0.2, 0.25) is 5.88 Å². The summed E-state index contributed by atoms with van der Waals surface area (Å²) in [5.74, 6) is 1.18. The Balaban J connectivity index is 2.19. The average Bonchev–Trinajstić information content (AvgIpc) is 2.85. The Hall–Kier alpha value is -1.95. The van der Waals surface area contributed by atoms with E-state index in [9.17, 15) is 5.11 Å². The van der Waals surface area contributed by atoms with Crippen LogP contribution in [0.3, 0.4) is 0 Å². The third kappa shape index (κ3) is 2.48.